The van der Waals surface area contributed by atoms with Gasteiger partial charge in [0, 0.05) is 6.54 Å². The van der Waals surface area contributed by atoms with E-state index in [0.29, 0.717) is 5.56 Å². The van der Waals surface area contributed by atoms with E-state index in [9.17, 15) is 8.78 Å². The van der Waals surface area contributed by atoms with E-state index in [1.54, 1.807) is 6.92 Å². The molecular formula is C9H11F2NO. The summed E-state index contributed by atoms with van der Waals surface area (Å²) in [5.74, 6) is -1.75. The topological polar surface area (TPSA) is 35.2 Å². The first-order valence-electron chi connectivity index (χ1n) is 3.99. The zero-order chi connectivity index (χ0) is 9.84. The monoisotopic (exact) mass is 187 g/mol. The first-order valence-corrected chi connectivity index (χ1v) is 3.99. The quantitative estimate of drug-likeness (QED) is 0.783. The maximum Gasteiger partial charge on any atom is 0.190 e. The van der Waals surface area contributed by atoms with Crippen LogP contribution in [0.25, 0.3) is 0 Å². The van der Waals surface area contributed by atoms with Crippen molar-refractivity contribution >= 4 is 0 Å². The molecule has 0 amide bonds. The Kier molecular flexibility index (Phi) is 3.19. The van der Waals surface area contributed by atoms with E-state index in [4.69, 9.17) is 10.5 Å². The predicted molar refractivity (Wildman–Crippen MR) is 45.4 cm³/mol. The molecule has 0 aliphatic heterocycles. The minimum absolute atomic E-state index is 0.111. The molecule has 0 bridgehead atoms. The molecule has 0 aliphatic rings. The van der Waals surface area contributed by atoms with E-state index in [1.807, 2.05) is 0 Å². The van der Waals surface area contributed by atoms with Crippen LogP contribution in [0.2, 0.25) is 0 Å². The highest BCUT2D eigenvalue weighted by Gasteiger charge is 2.10. The Labute approximate surface area is 75.3 Å². The van der Waals surface area contributed by atoms with Gasteiger partial charge in [-0.1, -0.05) is 0 Å². The summed E-state index contributed by atoms with van der Waals surface area (Å²) in [7, 11) is 0. The Morgan fingerprint density at radius 2 is 1.85 bits per heavy atom. The van der Waals surface area contributed by atoms with E-state index in [-0.39, 0.29) is 18.9 Å². The highest BCUT2D eigenvalue weighted by atomic mass is 19.1. The fraction of sp³-hybridized carbons (Fsp3) is 0.333. The van der Waals surface area contributed by atoms with Gasteiger partial charge >= 0.3 is 0 Å². The summed E-state index contributed by atoms with van der Waals surface area (Å²) in [5, 5.41) is 0. The molecule has 1 aromatic rings. The Morgan fingerprint density at radius 1 is 1.31 bits per heavy atom. The lowest BCUT2D eigenvalue weighted by molar-refractivity contribution is 0.302. The van der Waals surface area contributed by atoms with Crippen LogP contribution in [0.3, 0.4) is 0 Å². The first-order chi connectivity index (χ1) is 6.19. The summed E-state index contributed by atoms with van der Waals surface area (Å²) < 4.78 is 30.9. The molecule has 4 heteroatoms. The van der Waals surface area contributed by atoms with Crippen LogP contribution in [0.5, 0.6) is 5.75 Å². The van der Waals surface area contributed by atoms with Gasteiger partial charge in [0.1, 0.15) is 0 Å². The lowest BCUT2D eigenvalue weighted by Gasteiger charge is -2.07. The van der Waals surface area contributed by atoms with Crippen molar-refractivity contribution in [2.24, 2.45) is 5.73 Å². The predicted octanol–water partition coefficient (Wildman–Crippen LogP) is 1.82. The van der Waals surface area contributed by atoms with Crippen molar-refractivity contribution in [3.05, 3.63) is 29.3 Å². The van der Waals surface area contributed by atoms with Gasteiger partial charge in [-0.3, -0.25) is 0 Å². The molecule has 2 nitrogen and oxygen atoms in total. The SMILES string of the molecule is CCOc1c(F)cc(CN)cc1F. The van der Waals surface area contributed by atoms with Gasteiger partial charge < -0.3 is 10.5 Å². The van der Waals surface area contributed by atoms with Crippen LogP contribution in [0.15, 0.2) is 12.1 Å². The van der Waals surface area contributed by atoms with Crippen molar-refractivity contribution in [1.82, 2.24) is 0 Å². The Bertz CT molecular complexity index is 279. The van der Waals surface area contributed by atoms with Gasteiger partial charge in [0.2, 0.25) is 0 Å². The van der Waals surface area contributed by atoms with Gasteiger partial charge in [-0.15, -0.1) is 0 Å². The number of ether oxygens (including phenoxy) is 1. The van der Waals surface area contributed by atoms with Crippen molar-refractivity contribution in [3.8, 4) is 5.75 Å². The molecule has 0 spiro atoms. The summed E-state index contributed by atoms with van der Waals surface area (Å²) in [4.78, 5) is 0. The fourth-order valence-corrected chi connectivity index (χ4v) is 1.01. The minimum atomic E-state index is -0.706. The van der Waals surface area contributed by atoms with Gasteiger partial charge in [0.05, 0.1) is 6.61 Å². The van der Waals surface area contributed by atoms with Crippen molar-refractivity contribution < 1.29 is 13.5 Å². The van der Waals surface area contributed by atoms with E-state index < -0.39 is 11.6 Å². The molecule has 0 fully saturated rings. The standard InChI is InChI=1S/C9H11F2NO/c1-2-13-9-7(10)3-6(5-12)4-8(9)11/h3-4H,2,5,12H2,1H3. The average Bonchev–Trinajstić information content (AvgIpc) is 2.11. The first kappa shape index (κ1) is 9.92. The van der Waals surface area contributed by atoms with Gasteiger partial charge in [-0.05, 0) is 24.6 Å². The Morgan fingerprint density at radius 3 is 2.23 bits per heavy atom. The fourth-order valence-electron chi connectivity index (χ4n) is 1.01. The lowest BCUT2D eigenvalue weighted by Crippen LogP contribution is -2.02. The molecule has 0 radical (unpaired) electrons. The second kappa shape index (κ2) is 4.18. The molecule has 0 aromatic heterocycles. The van der Waals surface area contributed by atoms with E-state index in [2.05, 4.69) is 0 Å². The largest absolute Gasteiger partial charge is 0.488 e. The number of rotatable bonds is 3. The molecular weight excluding hydrogens is 176 g/mol. The van der Waals surface area contributed by atoms with Crippen LogP contribution >= 0.6 is 0 Å². The zero-order valence-electron chi connectivity index (χ0n) is 7.31. The summed E-state index contributed by atoms with van der Waals surface area (Å²) >= 11 is 0. The molecule has 0 saturated carbocycles. The number of halogens is 2. The molecule has 0 aliphatic carbocycles. The molecule has 0 unspecified atom stereocenters. The summed E-state index contributed by atoms with van der Waals surface area (Å²) in [5.41, 5.74) is 5.65. The third-order valence-electron chi connectivity index (χ3n) is 1.58. The third kappa shape index (κ3) is 2.15. The molecule has 0 heterocycles. The maximum atomic E-state index is 13.1. The van der Waals surface area contributed by atoms with Crippen molar-refractivity contribution in [2.75, 3.05) is 6.61 Å². The van der Waals surface area contributed by atoms with E-state index >= 15 is 0 Å². The molecule has 72 valence electrons. The Hall–Kier alpha value is -1.16. The van der Waals surface area contributed by atoms with Crippen LogP contribution in [-0.4, -0.2) is 6.61 Å². The third-order valence-corrected chi connectivity index (χ3v) is 1.58. The molecule has 13 heavy (non-hydrogen) atoms. The van der Waals surface area contributed by atoms with Gasteiger partial charge in [-0.25, -0.2) is 8.78 Å². The molecule has 0 saturated heterocycles. The van der Waals surface area contributed by atoms with Crippen LogP contribution in [-0.2, 0) is 6.54 Å². The van der Waals surface area contributed by atoms with Gasteiger partial charge in [0.15, 0.2) is 17.4 Å². The number of benzene rings is 1. The van der Waals surface area contributed by atoms with Crippen LogP contribution < -0.4 is 10.5 Å². The number of hydrogen-bond acceptors (Lipinski definition) is 2. The minimum Gasteiger partial charge on any atom is -0.488 e. The summed E-state index contributed by atoms with van der Waals surface area (Å²) in [6.45, 7) is 2.01. The smallest absolute Gasteiger partial charge is 0.190 e. The van der Waals surface area contributed by atoms with Crippen LogP contribution in [0, 0.1) is 11.6 Å². The van der Waals surface area contributed by atoms with Crippen LogP contribution in [0.1, 0.15) is 12.5 Å². The van der Waals surface area contributed by atoms with Crippen LogP contribution in [0.4, 0.5) is 8.78 Å². The maximum absolute atomic E-state index is 13.1. The molecule has 0 atom stereocenters. The van der Waals surface area contributed by atoms with E-state index in [1.165, 1.54) is 12.1 Å². The summed E-state index contributed by atoms with van der Waals surface area (Å²) in [6.07, 6.45) is 0. The summed E-state index contributed by atoms with van der Waals surface area (Å²) in [6, 6.07) is 2.35. The average molecular weight is 187 g/mol. The second-order valence-electron chi connectivity index (χ2n) is 2.53. The van der Waals surface area contributed by atoms with Gasteiger partial charge in [0.25, 0.3) is 0 Å². The molecule has 2 N–H and O–H groups in total. The second-order valence-corrected chi connectivity index (χ2v) is 2.53. The highest BCUT2D eigenvalue weighted by Crippen LogP contribution is 2.22. The highest BCUT2D eigenvalue weighted by molar-refractivity contribution is 5.31. The number of nitrogens with two attached hydrogens (primary N) is 1. The lowest BCUT2D eigenvalue weighted by atomic mass is 10.2. The van der Waals surface area contributed by atoms with Crippen molar-refractivity contribution in [3.63, 3.8) is 0 Å². The van der Waals surface area contributed by atoms with Crippen molar-refractivity contribution in [2.45, 2.75) is 13.5 Å². The Balaban J connectivity index is 3.07. The zero-order valence-corrected chi connectivity index (χ0v) is 7.31. The van der Waals surface area contributed by atoms with E-state index in [0.717, 1.165) is 0 Å². The normalized spacial score (nSPS) is 10.2. The van der Waals surface area contributed by atoms with Crippen molar-refractivity contribution in [1.29, 1.82) is 0 Å². The van der Waals surface area contributed by atoms with Gasteiger partial charge in [-0.2, -0.15) is 0 Å². The number of hydrogen-bond donors (Lipinski definition) is 1. The molecule has 1 rings (SSSR count). The molecule has 1 aromatic carbocycles.